The highest BCUT2D eigenvalue weighted by Gasteiger charge is 2.19. The van der Waals surface area contributed by atoms with Crippen molar-refractivity contribution in [3.8, 4) is 22.5 Å². The van der Waals surface area contributed by atoms with E-state index in [0.29, 0.717) is 18.7 Å². The quantitative estimate of drug-likeness (QED) is 0.256. The van der Waals surface area contributed by atoms with E-state index in [0.717, 1.165) is 47.5 Å². The average Bonchev–Trinajstić information content (AvgIpc) is 3.64. The summed E-state index contributed by atoms with van der Waals surface area (Å²) in [7, 11) is 3.55. The molecule has 0 saturated carbocycles. The second kappa shape index (κ2) is 12.2. The first kappa shape index (κ1) is 25.9. The van der Waals surface area contributed by atoms with Crippen LogP contribution in [0.2, 0.25) is 0 Å². The van der Waals surface area contributed by atoms with Gasteiger partial charge in [-0.15, -0.1) is 0 Å². The lowest BCUT2D eigenvalue weighted by Gasteiger charge is -2.17. The summed E-state index contributed by atoms with van der Waals surface area (Å²) in [5.74, 6) is 0.625. The van der Waals surface area contributed by atoms with E-state index in [-0.39, 0.29) is 24.4 Å². The van der Waals surface area contributed by atoms with Crippen LogP contribution in [0.15, 0.2) is 55.0 Å². The van der Waals surface area contributed by atoms with Crippen molar-refractivity contribution in [2.75, 3.05) is 7.05 Å². The van der Waals surface area contributed by atoms with Crippen molar-refractivity contribution in [3.05, 3.63) is 66.5 Å². The fourth-order valence-corrected chi connectivity index (χ4v) is 4.20. The van der Waals surface area contributed by atoms with Gasteiger partial charge in [-0.3, -0.25) is 19.0 Å². The average molecular weight is 503 g/mol. The van der Waals surface area contributed by atoms with E-state index in [1.54, 1.807) is 28.8 Å². The molecule has 3 aromatic heterocycles. The normalized spacial score (nSPS) is 11.9. The predicted octanol–water partition coefficient (Wildman–Crippen LogP) is 3.54. The molecule has 3 N–H and O–H groups in total. The molecule has 4 aromatic rings. The van der Waals surface area contributed by atoms with Crippen molar-refractivity contribution in [3.63, 3.8) is 0 Å². The van der Waals surface area contributed by atoms with Crippen LogP contribution in [0, 0.1) is 6.92 Å². The van der Waals surface area contributed by atoms with E-state index >= 15 is 0 Å². The van der Waals surface area contributed by atoms with Crippen molar-refractivity contribution in [2.45, 2.75) is 51.6 Å². The number of hydrogen-bond acceptors (Lipinski definition) is 5. The number of H-pyrrole nitrogens is 1. The van der Waals surface area contributed by atoms with Gasteiger partial charge in [0.05, 0.1) is 29.3 Å². The minimum absolute atomic E-state index is 0.0455. The molecule has 10 nitrogen and oxygen atoms in total. The first-order chi connectivity index (χ1) is 17.9. The maximum absolute atomic E-state index is 12.8. The van der Waals surface area contributed by atoms with E-state index in [4.69, 9.17) is 0 Å². The molecular formula is C27H34N8O2. The van der Waals surface area contributed by atoms with Crippen LogP contribution < -0.4 is 10.6 Å². The molecule has 1 aromatic carbocycles. The summed E-state index contributed by atoms with van der Waals surface area (Å²) in [6.07, 6.45) is 9.28. The number of amides is 2. The van der Waals surface area contributed by atoms with Crippen LogP contribution in [0.3, 0.4) is 0 Å². The van der Waals surface area contributed by atoms with E-state index in [1.165, 1.54) is 0 Å². The maximum Gasteiger partial charge on any atom is 0.242 e. The highest BCUT2D eigenvalue weighted by Crippen LogP contribution is 2.25. The van der Waals surface area contributed by atoms with Gasteiger partial charge in [-0.2, -0.15) is 10.2 Å². The first-order valence-corrected chi connectivity index (χ1v) is 12.6. The highest BCUT2D eigenvalue weighted by atomic mass is 16.2. The van der Waals surface area contributed by atoms with Crippen molar-refractivity contribution in [1.29, 1.82) is 0 Å². The third-order valence-corrected chi connectivity index (χ3v) is 6.22. The smallest absolute Gasteiger partial charge is 0.242 e. The molecule has 10 heteroatoms. The van der Waals surface area contributed by atoms with Gasteiger partial charge in [0, 0.05) is 38.5 Å². The molecule has 2 amide bonds. The van der Waals surface area contributed by atoms with Gasteiger partial charge in [-0.05, 0) is 37.5 Å². The molecule has 0 bridgehead atoms. The van der Waals surface area contributed by atoms with Gasteiger partial charge in [-0.25, -0.2) is 4.98 Å². The van der Waals surface area contributed by atoms with Gasteiger partial charge in [0.25, 0.3) is 0 Å². The Kier molecular flexibility index (Phi) is 8.50. The Balaban J connectivity index is 1.43. The van der Waals surface area contributed by atoms with Crippen LogP contribution in [0.4, 0.5) is 0 Å². The minimum atomic E-state index is -0.272. The molecule has 0 saturated heterocycles. The zero-order chi connectivity index (χ0) is 26.2. The van der Waals surface area contributed by atoms with Crippen LogP contribution in [-0.4, -0.2) is 48.4 Å². The van der Waals surface area contributed by atoms with Crippen LogP contribution in [0.5, 0.6) is 0 Å². The number of nitrogens with one attached hydrogen (secondary N) is 3. The topological polar surface area (TPSA) is 123 Å². The fraction of sp³-hybridized carbons (Fsp3) is 0.370. The van der Waals surface area contributed by atoms with Gasteiger partial charge in [-0.1, -0.05) is 37.1 Å². The molecule has 37 heavy (non-hydrogen) atoms. The highest BCUT2D eigenvalue weighted by molar-refractivity contribution is 5.76. The summed E-state index contributed by atoms with van der Waals surface area (Å²) in [4.78, 5) is 32.3. The zero-order valence-electron chi connectivity index (χ0n) is 21.6. The summed E-state index contributed by atoms with van der Waals surface area (Å²) < 4.78 is 3.41. The molecule has 194 valence electrons. The Morgan fingerprint density at radius 1 is 0.973 bits per heavy atom. The van der Waals surface area contributed by atoms with Gasteiger partial charge >= 0.3 is 0 Å². The molecule has 0 radical (unpaired) electrons. The van der Waals surface area contributed by atoms with Crippen LogP contribution >= 0.6 is 0 Å². The zero-order valence-corrected chi connectivity index (χ0v) is 21.6. The molecule has 0 aliphatic rings. The number of nitrogens with zero attached hydrogens (tertiary/aromatic N) is 5. The third kappa shape index (κ3) is 7.16. The van der Waals surface area contributed by atoms with Crippen molar-refractivity contribution < 1.29 is 9.59 Å². The van der Waals surface area contributed by atoms with Crippen molar-refractivity contribution in [2.24, 2.45) is 7.05 Å². The van der Waals surface area contributed by atoms with Crippen molar-refractivity contribution >= 4 is 11.8 Å². The van der Waals surface area contributed by atoms with Gasteiger partial charge in [0.1, 0.15) is 12.4 Å². The molecule has 0 aliphatic heterocycles. The van der Waals surface area contributed by atoms with Crippen LogP contribution in [-0.2, 0) is 23.2 Å². The second-order valence-electron chi connectivity index (χ2n) is 9.18. The Bertz CT molecular complexity index is 1320. The lowest BCUT2D eigenvalue weighted by molar-refractivity contribution is -0.123. The van der Waals surface area contributed by atoms with Crippen molar-refractivity contribution in [1.82, 2.24) is 40.2 Å². The van der Waals surface area contributed by atoms with E-state index in [1.807, 2.05) is 56.6 Å². The number of carbonyl (C=O) groups is 2. The summed E-state index contributed by atoms with van der Waals surface area (Å²) in [6, 6.07) is 11.7. The van der Waals surface area contributed by atoms with Gasteiger partial charge in [0.15, 0.2) is 0 Å². The molecule has 0 fully saturated rings. The molecule has 0 spiro atoms. The van der Waals surface area contributed by atoms with Gasteiger partial charge in [0.2, 0.25) is 11.8 Å². The summed E-state index contributed by atoms with van der Waals surface area (Å²) in [5.41, 5.74) is 4.71. The summed E-state index contributed by atoms with van der Waals surface area (Å²) in [5, 5.41) is 14.5. The standard InChI is InChI=1S/C27H34N8O2/c1-19-13-16-35(32-19)18-26(37)30-23(7-5-4-6-8-25(36)28-2)27-29-17-24(31-27)21-11-9-20(10-12-21)22-14-15-34(3)33-22/h9-17,23H,4-8,18H2,1-3H3,(H,28,36)(H,29,31)(H,30,37)/t23-/m0/s1. The Morgan fingerprint density at radius 2 is 1.76 bits per heavy atom. The Morgan fingerprint density at radius 3 is 2.43 bits per heavy atom. The van der Waals surface area contributed by atoms with E-state index in [2.05, 4.69) is 30.8 Å². The number of aromatic nitrogens is 6. The van der Waals surface area contributed by atoms with Gasteiger partial charge < -0.3 is 15.6 Å². The Labute approximate surface area is 216 Å². The van der Waals surface area contributed by atoms with E-state index < -0.39 is 0 Å². The maximum atomic E-state index is 12.8. The Hall–Kier alpha value is -4.21. The number of aromatic amines is 1. The fourth-order valence-electron chi connectivity index (χ4n) is 4.20. The molecule has 3 heterocycles. The minimum Gasteiger partial charge on any atom is -0.359 e. The lowest BCUT2D eigenvalue weighted by Crippen LogP contribution is -2.32. The second-order valence-corrected chi connectivity index (χ2v) is 9.18. The molecular weight excluding hydrogens is 468 g/mol. The molecule has 1 atom stereocenters. The molecule has 0 aliphatic carbocycles. The molecule has 4 rings (SSSR count). The van der Waals surface area contributed by atoms with Crippen LogP contribution in [0.1, 0.15) is 49.7 Å². The monoisotopic (exact) mass is 502 g/mol. The first-order valence-electron chi connectivity index (χ1n) is 12.6. The number of rotatable bonds is 12. The predicted molar refractivity (Wildman–Crippen MR) is 141 cm³/mol. The largest absolute Gasteiger partial charge is 0.359 e. The van der Waals surface area contributed by atoms with E-state index in [9.17, 15) is 9.59 Å². The number of benzene rings is 1. The number of aryl methyl sites for hydroxylation is 2. The number of imidazole rings is 1. The lowest BCUT2D eigenvalue weighted by atomic mass is 10.1. The number of carbonyl (C=O) groups excluding carboxylic acids is 2. The number of unbranched alkanes of at least 4 members (excludes halogenated alkanes) is 2. The summed E-state index contributed by atoms with van der Waals surface area (Å²) in [6.45, 7) is 2.03. The number of hydrogen-bond donors (Lipinski definition) is 3. The summed E-state index contributed by atoms with van der Waals surface area (Å²) >= 11 is 0. The van der Waals surface area contributed by atoms with Crippen LogP contribution in [0.25, 0.3) is 22.5 Å². The molecule has 0 unspecified atom stereocenters. The SMILES string of the molecule is CNC(=O)CCCCC[C@H](NC(=O)Cn1ccc(C)n1)c1ncc(-c2ccc(-c3ccn(C)n3)cc2)[nH]1. The third-order valence-electron chi connectivity index (χ3n) is 6.22.